The van der Waals surface area contributed by atoms with Gasteiger partial charge in [-0.1, -0.05) is 42.5 Å². The Hall–Kier alpha value is -3.08. The van der Waals surface area contributed by atoms with Crippen LogP contribution in [-0.4, -0.2) is 30.2 Å². The monoisotopic (exact) mass is 348 g/mol. The number of methoxy groups -OCH3 is 1. The first kappa shape index (κ1) is 17.7. The minimum Gasteiger partial charge on any atom is -0.497 e. The standard InChI is InChI=1S/C21H24N4O/c1-26-19-9-7-18(8-10-19)11-14-22-20-13-16-24-21(25-20)23-15-12-17-5-3-2-4-6-17/h2-10,13,16H,11-12,14-15H2,1H3,(H2,22,23,24,25). The number of hydrogen-bond donors (Lipinski definition) is 2. The lowest BCUT2D eigenvalue weighted by atomic mass is 10.1. The van der Waals surface area contributed by atoms with E-state index < -0.39 is 0 Å². The summed E-state index contributed by atoms with van der Waals surface area (Å²) in [5, 5.41) is 6.63. The predicted molar refractivity (Wildman–Crippen MR) is 106 cm³/mol. The summed E-state index contributed by atoms with van der Waals surface area (Å²) in [6.07, 6.45) is 3.64. The summed E-state index contributed by atoms with van der Waals surface area (Å²) in [4.78, 5) is 8.79. The summed E-state index contributed by atoms with van der Waals surface area (Å²) in [5.74, 6) is 2.36. The van der Waals surface area contributed by atoms with Crippen LogP contribution in [0.3, 0.4) is 0 Å². The Morgan fingerprint density at radius 3 is 2.23 bits per heavy atom. The molecule has 2 aromatic carbocycles. The van der Waals surface area contributed by atoms with E-state index in [9.17, 15) is 0 Å². The van der Waals surface area contributed by atoms with Crippen LogP contribution in [0.5, 0.6) is 5.75 Å². The van der Waals surface area contributed by atoms with Gasteiger partial charge in [0.2, 0.25) is 5.95 Å². The van der Waals surface area contributed by atoms with Gasteiger partial charge < -0.3 is 15.4 Å². The first-order valence-electron chi connectivity index (χ1n) is 8.81. The molecule has 0 aliphatic heterocycles. The Morgan fingerprint density at radius 1 is 0.808 bits per heavy atom. The SMILES string of the molecule is COc1ccc(CCNc2ccnc(NCCc3ccccc3)n2)cc1. The van der Waals surface area contributed by atoms with E-state index in [2.05, 4.69) is 57.0 Å². The van der Waals surface area contributed by atoms with E-state index in [1.807, 2.05) is 24.3 Å². The first-order chi connectivity index (χ1) is 12.8. The van der Waals surface area contributed by atoms with Crippen molar-refractivity contribution in [1.82, 2.24) is 9.97 Å². The van der Waals surface area contributed by atoms with Crippen LogP contribution in [0, 0.1) is 0 Å². The Morgan fingerprint density at radius 2 is 1.50 bits per heavy atom. The van der Waals surface area contributed by atoms with Crippen molar-refractivity contribution in [3.8, 4) is 5.75 Å². The maximum Gasteiger partial charge on any atom is 0.224 e. The molecule has 0 radical (unpaired) electrons. The van der Waals surface area contributed by atoms with Gasteiger partial charge in [0.25, 0.3) is 0 Å². The molecule has 0 fully saturated rings. The fourth-order valence-corrected chi connectivity index (χ4v) is 2.63. The lowest BCUT2D eigenvalue weighted by Crippen LogP contribution is -2.11. The number of rotatable bonds is 9. The van der Waals surface area contributed by atoms with Gasteiger partial charge in [0.05, 0.1) is 7.11 Å². The van der Waals surface area contributed by atoms with Crippen molar-refractivity contribution in [2.24, 2.45) is 0 Å². The fourth-order valence-electron chi connectivity index (χ4n) is 2.63. The van der Waals surface area contributed by atoms with E-state index >= 15 is 0 Å². The molecular formula is C21H24N4O. The topological polar surface area (TPSA) is 59.1 Å². The van der Waals surface area contributed by atoms with Gasteiger partial charge in [-0.2, -0.15) is 4.98 Å². The van der Waals surface area contributed by atoms with Gasteiger partial charge >= 0.3 is 0 Å². The Bertz CT molecular complexity index is 791. The molecular weight excluding hydrogens is 324 g/mol. The molecule has 0 unspecified atom stereocenters. The lowest BCUT2D eigenvalue weighted by molar-refractivity contribution is 0.414. The summed E-state index contributed by atoms with van der Waals surface area (Å²) in [6.45, 7) is 1.62. The lowest BCUT2D eigenvalue weighted by Gasteiger charge is -2.09. The molecule has 1 aromatic heterocycles. The van der Waals surface area contributed by atoms with Crippen molar-refractivity contribution in [3.63, 3.8) is 0 Å². The summed E-state index contributed by atoms with van der Waals surface area (Å²) < 4.78 is 5.18. The van der Waals surface area contributed by atoms with Crippen LogP contribution in [0.15, 0.2) is 66.9 Å². The van der Waals surface area contributed by atoms with Crippen molar-refractivity contribution >= 4 is 11.8 Å². The average Bonchev–Trinajstić information content (AvgIpc) is 2.70. The van der Waals surface area contributed by atoms with Gasteiger partial charge in [0, 0.05) is 19.3 Å². The fraction of sp³-hybridized carbons (Fsp3) is 0.238. The molecule has 0 saturated heterocycles. The molecule has 0 aliphatic rings. The number of aromatic nitrogens is 2. The maximum atomic E-state index is 5.18. The van der Waals surface area contributed by atoms with Crippen LogP contribution in [-0.2, 0) is 12.8 Å². The quantitative estimate of drug-likeness (QED) is 0.616. The first-order valence-corrected chi connectivity index (χ1v) is 8.81. The van der Waals surface area contributed by atoms with Gasteiger partial charge in [-0.3, -0.25) is 0 Å². The average molecular weight is 348 g/mol. The third-order valence-corrected chi connectivity index (χ3v) is 4.07. The molecule has 0 bridgehead atoms. The third-order valence-electron chi connectivity index (χ3n) is 4.07. The molecule has 0 atom stereocenters. The molecule has 134 valence electrons. The molecule has 0 spiro atoms. The zero-order valence-electron chi connectivity index (χ0n) is 15.0. The zero-order chi connectivity index (χ0) is 18.0. The van der Waals surface area contributed by atoms with Gasteiger partial charge in [0.15, 0.2) is 0 Å². The number of nitrogens with one attached hydrogen (secondary N) is 2. The van der Waals surface area contributed by atoms with Crippen LogP contribution in [0.2, 0.25) is 0 Å². The number of benzene rings is 2. The third kappa shape index (κ3) is 5.48. The van der Waals surface area contributed by atoms with Crippen LogP contribution >= 0.6 is 0 Å². The van der Waals surface area contributed by atoms with E-state index in [1.165, 1.54) is 11.1 Å². The van der Waals surface area contributed by atoms with E-state index in [0.717, 1.165) is 37.5 Å². The summed E-state index contributed by atoms with van der Waals surface area (Å²) in [5.41, 5.74) is 2.56. The van der Waals surface area contributed by atoms with Gasteiger partial charge in [0.1, 0.15) is 11.6 Å². The van der Waals surface area contributed by atoms with Crippen molar-refractivity contribution in [3.05, 3.63) is 78.0 Å². The molecule has 3 rings (SSSR count). The minimum atomic E-state index is 0.648. The largest absolute Gasteiger partial charge is 0.497 e. The minimum absolute atomic E-state index is 0.648. The van der Waals surface area contributed by atoms with Gasteiger partial charge in [-0.05, 0) is 42.2 Å². The molecule has 0 amide bonds. The summed E-state index contributed by atoms with van der Waals surface area (Å²) in [6, 6.07) is 20.4. The summed E-state index contributed by atoms with van der Waals surface area (Å²) >= 11 is 0. The van der Waals surface area contributed by atoms with Crippen LogP contribution in [0.1, 0.15) is 11.1 Å². The van der Waals surface area contributed by atoms with Crippen LogP contribution in [0.25, 0.3) is 0 Å². The maximum absolute atomic E-state index is 5.18. The van der Waals surface area contributed by atoms with E-state index in [4.69, 9.17) is 4.74 Å². The van der Waals surface area contributed by atoms with Gasteiger partial charge in [-0.25, -0.2) is 4.98 Å². The molecule has 3 aromatic rings. The predicted octanol–water partition coefficient (Wildman–Crippen LogP) is 3.79. The van der Waals surface area contributed by atoms with E-state index in [0.29, 0.717) is 5.95 Å². The number of ether oxygens (including phenoxy) is 1. The van der Waals surface area contributed by atoms with Crippen molar-refractivity contribution in [2.75, 3.05) is 30.8 Å². The second kappa shape index (κ2) is 9.42. The van der Waals surface area contributed by atoms with E-state index in [-0.39, 0.29) is 0 Å². The summed E-state index contributed by atoms with van der Waals surface area (Å²) in [7, 11) is 1.68. The van der Waals surface area contributed by atoms with Crippen LogP contribution < -0.4 is 15.4 Å². The second-order valence-corrected chi connectivity index (χ2v) is 5.95. The molecule has 5 nitrogen and oxygen atoms in total. The highest BCUT2D eigenvalue weighted by molar-refractivity contribution is 5.40. The molecule has 0 aliphatic carbocycles. The highest BCUT2D eigenvalue weighted by Crippen LogP contribution is 2.12. The smallest absolute Gasteiger partial charge is 0.224 e. The van der Waals surface area contributed by atoms with Crippen molar-refractivity contribution < 1.29 is 4.74 Å². The normalized spacial score (nSPS) is 10.3. The highest BCUT2D eigenvalue weighted by Gasteiger charge is 2.00. The van der Waals surface area contributed by atoms with Crippen molar-refractivity contribution in [1.29, 1.82) is 0 Å². The Balaban J connectivity index is 1.44. The van der Waals surface area contributed by atoms with Crippen molar-refractivity contribution in [2.45, 2.75) is 12.8 Å². The van der Waals surface area contributed by atoms with Crippen LogP contribution in [0.4, 0.5) is 11.8 Å². The number of hydrogen-bond acceptors (Lipinski definition) is 5. The number of nitrogens with zero attached hydrogens (tertiary/aromatic N) is 2. The Labute approximate surface area is 154 Å². The second-order valence-electron chi connectivity index (χ2n) is 5.95. The molecule has 0 saturated carbocycles. The van der Waals surface area contributed by atoms with Gasteiger partial charge in [-0.15, -0.1) is 0 Å². The Kier molecular flexibility index (Phi) is 6.42. The number of anilines is 2. The van der Waals surface area contributed by atoms with E-state index in [1.54, 1.807) is 13.3 Å². The molecule has 1 heterocycles. The zero-order valence-corrected chi connectivity index (χ0v) is 15.0. The molecule has 2 N–H and O–H groups in total. The molecule has 26 heavy (non-hydrogen) atoms. The molecule has 5 heteroatoms. The highest BCUT2D eigenvalue weighted by atomic mass is 16.5.